The Kier molecular flexibility index (Phi) is 6.21. The highest BCUT2D eigenvalue weighted by Crippen LogP contribution is 2.44. The molecule has 3 fully saturated rings. The van der Waals surface area contributed by atoms with Crippen LogP contribution in [0.1, 0.15) is 50.4 Å². The lowest BCUT2D eigenvalue weighted by Gasteiger charge is -2.47. The maximum Gasteiger partial charge on any atom is 0.451 e. The number of alkyl halides is 3. The second-order valence-electron chi connectivity index (χ2n) is 10.1. The van der Waals surface area contributed by atoms with Crippen LogP contribution in [-0.2, 0) is 16.5 Å². The number of amides is 2. The number of carbonyl (C=O) groups excluding carboxylic acids is 1. The molecule has 2 saturated heterocycles. The van der Waals surface area contributed by atoms with Crippen molar-refractivity contribution in [3.8, 4) is 0 Å². The molecule has 2 unspecified atom stereocenters. The number of benzene rings is 1. The third kappa shape index (κ3) is 4.73. The van der Waals surface area contributed by atoms with Crippen LogP contribution in [0, 0.1) is 5.92 Å². The fourth-order valence-corrected chi connectivity index (χ4v) is 5.74. The Morgan fingerprint density at radius 3 is 2.43 bits per heavy atom. The van der Waals surface area contributed by atoms with Crippen LogP contribution in [0.15, 0.2) is 42.7 Å². The first-order valence-electron chi connectivity index (χ1n) is 12.1. The van der Waals surface area contributed by atoms with Gasteiger partial charge in [-0.2, -0.15) is 13.2 Å². The van der Waals surface area contributed by atoms with Gasteiger partial charge in [-0.15, -0.1) is 0 Å². The van der Waals surface area contributed by atoms with Gasteiger partial charge in [0.1, 0.15) is 0 Å². The molecule has 3 heterocycles. The highest BCUT2D eigenvalue weighted by molar-refractivity contribution is 5.95. The van der Waals surface area contributed by atoms with E-state index in [0.717, 1.165) is 57.7 Å². The molecule has 188 valence electrons. The monoisotopic (exact) mass is 489 g/mol. The van der Waals surface area contributed by atoms with Gasteiger partial charge in [0, 0.05) is 18.2 Å². The van der Waals surface area contributed by atoms with Crippen LogP contribution in [-0.4, -0.2) is 47.3 Å². The zero-order valence-electron chi connectivity index (χ0n) is 19.6. The van der Waals surface area contributed by atoms with Crippen LogP contribution in [0.25, 0.3) is 0 Å². The molecule has 10 heteroatoms. The third-order valence-corrected chi connectivity index (χ3v) is 7.84. The Morgan fingerprint density at radius 2 is 1.83 bits per heavy atom. The summed E-state index contributed by atoms with van der Waals surface area (Å²) in [7, 11) is 0. The van der Waals surface area contributed by atoms with Crippen LogP contribution < -0.4 is 15.5 Å². The summed E-state index contributed by atoms with van der Waals surface area (Å²) in [5, 5.41) is 7.06. The summed E-state index contributed by atoms with van der Waals surface area (Å²) in [6.07, 6.45) is 1.70. The van der Waals surface area contributed by atoms with Gasteiger partial charge in [-0.1, -0.05) is 30.3 Å². The Hall–Kier alpha value is -2.72. The standard InChI is InChI=1S/C25H30F3N5O2/c1-17(18-7-12-35-15-18)31-24(19-5-3-2-4-6-19)10-8-23(9-11-24)16-33(22(34)32-23)20-13-29-21(30-14-20)25(26,27)28/h2-6,13-14,17-18,31H,7-12,15-16H2,1H3,(H,32,34). The van der Waals surface area contributed by atoms with Crippen molar-refractivity contribution in [2.75, 3.05) is 24.7 Å². The van der Waals surface area contributed by atoms with Crippen LogP contribution in [0.2, 0.25) is 0 Å². The molecular formula is C25H30F3N5O2. The number of carbonyl (C=O) groups is 1. The van der Waals surface area contributed by atoms with E-state index in [1.54, 1.807) is 0 Å². The van der Waals surface area contributed by atoms with Crippen LogP contribution in [0.5, 0.6) is 0 Å². The first-order chi connectivity index (χ1) is 16.7. The SMILES string of the molecule is CC(NC1(c2ccccc2)CCC2(CC1)CN(c1cnc(C(F)(F)F)nc1)C(=O)N2)C1CCOC1. The Balaban J connectivity index is 1.32. The van der Waals surface area contributed by atoms with Gasteiger partial charge in [-0.05, 0) is 50.5 Å². The molecule has 1 spiro atoms. The number of ether oxygens (including phenoxy) is 1. The van der Waals surface area contributed by atoms with Crippen molar-refractivity contribution in [2.45, 2.75) is 62.3 Å². The maximum atomic E-state index is 12.8. The summed E-state index contributed by atoms with van der Waals surface area (Å²) in [6, 6.07) is 10.4. The lowest BCUT2D eigenvalue weighted by molar-refractivity contribution is -0.144. The van der Waals surface area contributed by atoms with E-state index in [0.29, 0.717) is 12.5 Å². The fraction of sp³-hybridized carbons (Fsp3) is 0.560. The molecule has 1 aromatic carbocycles. The Bertz CT molecular complexity index is 1030. The van der Waals surface area contributed by atoms with Gasteiger partial charge >= 0.3 is 12.2 Å². The number of nitrogens with one attached hydrogen (secondary N) is 2. The number of nitrogens with zero attached hydrogens (tertiary/aromatic N) is 3. The number of rotatable bonds is 5. The van der Waals surface area contributed by atoms with Crippen molar-refractivity contribution in [3.05, 3.63) is 54.1 Å². The molecule has 2 aliphatic heterocycles. The van der Waals surface area contributed by atoms with Crippen molar-refractivity contribution < 1.29 is 22.7 Å². The van der Waals surface area contributed by atoms with E-state index in [1.807, 2.05) is 6.07 Å². The van der Waals surface area contributed by atoms with Gasteiger partial charge in [-0.3, -0.25) is 4.90 Å². The Morgan fingerprint density at radius 1 is 1.14 bits per heavy atom. The van der Waals surface area contributed by atoms with Gasteiger partial charge in [-0.25, -0.2) is 14.8 Å². The Labute approximate surface area is 202 Å². The quantitative estimate of drug-likeness (QED) is 0.657. The summed E-state index contributed by atoms with van der Waals surface area (Å²) in [5.41, 5.74) is 0.835. The number of hydrogen-bond acceptors (Lipinski definition) is 5. The number of anilines is 1. The molecule has 1 aromatic heterocycles. The molecule has 2 atom stereocenters. The molecule has 1 aliphatic carbocycles. The van der Waals surface area contributed by atoms with E-state index in [-0.39, 0.29) is 23.3 Å². The van der Waals surface area contributed by atoms with Crippen LogP contribution in [0.3, 0.4) is 0 Å². The van der Waals surface area contributed by atoms with Gasteiger partial charge in [0.05, 0.1) is 36.8 Å². The lowest BCUT2D eigenvalue weighted by Crippen LogP contribution is -2.57. The minimum atomic E-state index is -4.62. The minimum absolute atomic E-state index is 0.218. The third-order valence-electron chi connectivity index (χ3n) is 7.84. The zero-order valence-corrected chi connectivity index (χ0v) is 19.6. The van der Waals surface area contributed by atoms with Crippen molar-refractivity contribution in [3.63, 3.8) is 0 Å². The maximum absolute atomic E-state index is 12.8. The zero-order chi connectivity index (χ0) is 24.7. The molecule has 2 aromatic rings. The highest BCUT2D eigenvalue weighted by atomic mass is 19.4. The summed E-state index contributed by atoms with van der Waals surface area (Å²) in [6.45, 7) is 4.16. The first-order valence-corrected chi connectivity index (χ1v) is 12.1. The number of urea groups is 1. The van der Waals surface area contributed by atoms with E-state index in [9.17, 15) is 18.0 Å². The molecule has 7 nitrogen and oxygen atoms in total. The summed E-state index contributed by atoms with van der Waals surface area (Å²) >= 11 is 0. The largest absolute Gasteiger partial charge is 0.451 e. The fourth-order valence-electron chi connectivity index (χ4n) is 5.74. The summed E-state index contributed by atoms with van der Waals surface area (Å²) in [4.78, 5) is 21.1. The average molecular weight is 490 g/mol. The van der Waals surface area contributed by atoms with Crippen LogP contribution >= 0.6 is 0 Å². The number of aromatic nitrogens is 2. The number of hydrogen-bond donors (Lipinski definition) is 2. The molecule has 2 N–H and O–H groups in total. The highest BCUT2D eigenvalue weighted by Gasteiger charge is 2.50. The molecule has 1 saturated carbocycles. The van der Waals surface area contributed by atoms with E-state index in [4.69, 9.17) is 4.74 Å². The minimum Gasteiger partial charge on any atom is -0.381 e. The predicted molar refractivity (Wildman–Crippen MR) is 124 cm³/mol. The molecule has 2 amide bonds. The predicted octanol–water partition coefficient (Wildman–Crippen LogP) is 4.25. The second kappa shape index (κ2) is 9.05. The molecular weight excluding hydrogens is 459 g/mol. The molecule has 5 rings (SSSR count). The van der Waals surface area contributed by atoms with Crippen molar-refractivity contribution in [1.82, 2.24) is 20.6 Å². The molecule has 0 radical (unpaired) electrons. The van der Waals surface area contributed by atoms with Gasteiger partial charge in [0.2, 0.25) is 5.82 Å². The average Bonchev–Trinajstić information content (AvgIpc) is 3.50. The smallest absolute Gasteiger partial charge is 0.381 e. The van der Waals surface area contributed by atoms with Crippen molar-refractivity contribution in [2.24, 2.45) is 5.92 Å². The van der Waals surface area contributed by atoms with Crippen molar-refractivity contribution in [1.29, 1.82) is 0 Å². The number of halogens is 3. The van der Waals surface area contributed by atoms with E-state index >= 15 is 0 Å². The van der Waals surface area contributed by atoms with Crippen LogP contribution in [0.4, 0.5) is 23.7 Å². The first kappa shape index (κ1) is 24.0. The second-order valence-corrected chi connectivity index (χ2v) is 10.1. The topological polar surface area (TPSA) is 79.4 Å². The normalized spacial score (nSPS) is 30.0. The molecule has 35 heavy (non-hydrogen) atoms. The van der Waals surface area contributed by atoms with E-state index < -0.39 is 17.5 Å². The van der Waals surface area contributed by atoms with Gasteiger partial charge in [0.15, 0.2) is 0 Å². The molecule has 0 bridgehead atoms. The van der Waals surface area contributed by atoms with E-state index in [2.05, 4.69) is 51.8 Å². The van der Waals surface area contributed by atoms with Crippen molar-refractivity contribution >= 4 is 11.7 Å². The van der Waals surface area contributed by atoms with E-state index in [1.165, 1.54) is 10.5 Å². The van der Waals surface area contributed by atoms with Gasteiger partial charge in [0.25, 0.3) is 0 Å². The van der Waals surface area contributed by atoms with Gasteiger partial charge < -0.3 is 15.4 Å². The lowest BCUT2D eigenvalue weighted by atomic mass is 9.69. The summed E-state index contributed by atoms with van der Waals surface area (Å²) < 4.78 is 44.1. The molecule has 3 aliphatic rings. The summed E-state index contributed by atoms with van der Waals surface area (Å²) in [5.74, 6) is -0.749.